The zero-order valence-electron chi connectivity index (χ0n) is 32.4. The molecule has 0 unspecified atom stereocenters. The lowest BCUT2D eigenvalue weighted by Crippen LogP contribution is -2.14. The lowest BCUT2D eigenvalue weighted by Gasteiger charge is -2.21. The minimum Gasteiger partial charge on any atom is -0.456 e. The standard InChI is InChI=1S/C54H39N3O/c1-54(2)46-18-10-9-16-42(46)44-32-40(28-30-47(44)54)37-24-26-39(27-25-37)52-55-51(38-14-7-4-8-15-38)56-53(57-52)43-17-11-19-49-50(43)45-33-41(29-31-48(45)58-49)36-22-20-35(21-23-36)34-12-5-3-6-13-34/h3-20,22,24-33H,21,23H2,1-2H3. The van der Waals surface area contributed by atoms with Gasteiger partial charge in [0.2, 0.25) is 0 Å². The van der Waals surface area contributed by atoms with E-state index in [-0.39, 0.29) is 5.41 Å². The molecular weight excluding hydrogens is 707 g/mol. The summed E-state index contributed by atoms with van der Waals surface area (Å²) in [6, 6.07) is 57.8. The van der Waals surface area contributed by atoms with Gasteiger partial charge in [-0.15, -0.1) is 0 Å². The Kier molecular flexibility index (Phi) is 7.94. The fraction of sp³-hybridized carbons (Fsp3) is 0.0926. The van der Waals surface area contributed by atoms with Gasteiger partial charge in [0.05, 0.1) is 0 Å². The van der Waals surface area contributed by atoms with E-state index in [4.69, 9.17) is 19.4 Å². The number of allylic oxidation sites excluding steroid dienone is 4. The Morgan fingerprint density at radius 1 is 0.414 bits per heavy atom. The van der Waals surface area contributed by atoms with Crippen LogP contribution in [0.4, 0.5) is 0 Å². The highest BCUT2D eigenvalue weighted by Gasteiger charge is 2.35. The summed E-state index contributed by atoms with van der Waals surface area (Å²) in [7, 11) is 0. The number of aromatic nitrogens is 3. The van der Waals surface area contributed by atoms with Gasteiger partial charge in [-0.3, -0.25) is 0 Å². The lowest BCUT2D eigenvalue weighted by molar-refractivity contribution is 0.660. The quantitative estimate of drug-likeness (QED) is 0.170. The first-order chi connectivity index (χ1) is 28.5. The van der Waals surface area contributed by atoms with Gasteiger partial charge in [0.1, 0.15) is 11.2 Å². The van der Waals surface area contributed by atoms with Crippen molar-refractivity contribution in [1.82, 2.24) is 15.0 Å². The largest absolute Gasteiger partial charge is 0.456 e. The zero-order chi connectivity index (χ0) is 38.8. The van der Waals surface area contributed by atoms with Gasteiger partial charge in [-0.25, -0.2) is 15.0 Å². The number of benzene rings is 7. The minimum absolute atomic E-state index is 0.0196. The summed E-state index contributed by atoms with van der Waals surface area (Å²) in [5.74, 6) is 1.86. The topological polar surface area (TPSA) is 51.8 Å². The van der Waals surface area contributed by atoms with Gasteiger partial charge < -0.3 is 4.42 Å². The molecule has 7 aromatic carbocycles. The summed E-state index contributed by atoms with van der Waals surface area (Å²) in [5, 5.41) is 2.05. The highest BCUT2D eigenvalue weighted by Crippen LogP contribution is 2.49. The van der Waals surface area contributed by atoms with Gasteiger partial charge in [-0.2, -0.15) is 0 Å². The van der Waals surface area contributed by atoms with Crippen LogP contribution in [0.2, 0.25) is 0 Å². The predicted octanol–water partition coefficient (Wildman–Crippen LogP) is 14.0. The molecule has 2 aliphatic rings. The fourth-order valence-corrected chi connectivity index (χ4v) is 9.04. The van der Waals surface area contributed by atoms with E-state index < -0.39 is 0 Å². The third-order valence-corrected chi connectivity index (χ3v) is 12.1. The summed E-state index contributed by atoms with van der Waals surface area (Å²) in [4.78, 5) is 15.4. The summed E-state index contributed by atoms with van der Waals surface area (Å²) in [6.45, 7) is 4.64. The van der Waals surface area contributed by atoms with Gasteiger partial charge in [0.25, 0.3) is 0 Å². The average Bonchev–Trinajstić information content (AvgIpc) is 3.78. The Morgan fingerprint density at radius 3 is 1.72 bits per heavy atom. The second-order valence-corrected chi connectivity index (χ2v) is 15.9. The molecule has 0 N–H and O–H groups in total. The molecule has 2 aromatic heterocycles. The number of hydrogen-bond donors (Lipinski definition) is 0. The zero-order valence-corrected chi connectivity index (χ0v) is 32.4. The van der Waals surface area contributed by atoms with Crippen LogP contribution in [0.25, 0.3) is 89.5 Å². The number of fused-ring (bicyclic) bond motifs is 6. The molecular formula is C54H39N3O. The lowest BCUT2D eigenvalue weighted by atomic mass is 9.82. The van der Waals surface area contributed by atoms with E-state index in [0.717, 1.165) is 57.0 Å². The molecule has 0 radical (unpaired) electrons. The molecule has 0 spiro atoms. The molecule has 11 rings (SSSR count). The number of nitrogens with zero attached hydrogens (tertiary/aromatic N) is 3. The molecule has 4 heteroatoms. The smallest absolute Gasteiger partial charge is 0.164 e. The van der Waals surface area contributed by atoms with E-state index in [1.54, 1.807) is 0 Å². The Bertz CT molecular complexity index is 3120. The Hall–Kier alpha value is -7.17. The first-order valence-electron chi connectivity index (χ1n) is 20.1. The molecule has 58 heavy (non-hydrogen) atoms. The summed E-state index contributed by atoms with van der Waals surface area (Å²) < 4.78 is 6.47. The van der Waals surface area contributed by atoms with Crippen molar-refractivity contribution in [2.75, 3.05) is 0 Å². The molecule has 2 aliphatic carbocycles. The van der Waals surface area contributed by atoms with Crippen molar-refractivity contribution in [3.05, 3.63) is 198 Å². The molecule has 0 aliphatic heterocycles. The van der Waals surface area contributed by atoms with Crippen LogP contribution in [0, 0.1) is 0 Å². The van der Waals surface area contributed by atoms with Crippen LogP contribution in [0.15, 0.2) is 180 Å². The van der Waals surface area contributed by atoms with Crippen LogP contribution in [0.3, 0.4) is 0 Å². The van der Waals surface area contributed by atoms with Crippen molar-refractivity contribution in [3.8, 4) is 56.4 Å². The predicted molar refractivity (Wildman–Crippen MR) is 238 cm³/mol. The van der Waals surface area contributed by atoms with Crippen molar-refractivity contribution in [3.63, 3.8) is 0 Å². The van der Waals surface area contributed by atoms with Crippen LogP contribution >= 0.6 is 0 Å². The third kappa shape index (κ3) is 5.71. The molecule has 2 heterocycles. The molecule has 9 aromatic rings. The van der Waals surface area contributed by atoms with Crippen molar-refractivity contribution in [1.29, 1.82) is 0 Å². The molecule has 0 amide bonds. The van der Waals surface area contributed by atoms with E-state index >= 15 is 0 Å². The highest BCUT2D eigenvalue weighted by atomic mass is 16.3. The highest BCUT2D eigenvalue weighted by molar-refractivity contribution is 6.12. The van der Waals surface area contributed by atoms with Crippen LogP contribution in [-0.4, -0.2) is 15.0 Å². The summed E-state index contributed by atoms with van der Waals surface area (Å²) in [6.07, 6.45) is 6.52. The normalized spacial score (nSPS) is 14.2. The number of rotatable bonds is 6. The summed E-state index contributed by atoms with van der Waals surface area (Å²) >= 11 is 0. The van der Waals surface area contributed by atoms with E-state index in [1.165, 1.54) is 50.1 Å². The van der Waals surface area contributed by atoms with E-state index in [9.17, 15) is 0 Å². The average molecular weight is 746 g/mol. The molecule has 0 saturated heterocycles. The van der Waals surface area contributed by atoms with Gasteiger partial charge in [-0.1, -0.05) is 166 Å². The summed E-state index contributed by atoms with van der Waals surface area (Å²) in [5.41, 5.74) is 17.3. The Labute approximate surface area is 337 Å². The van der Waals surface area contributed by atoms with Crippen LogP contribution in [0.5, 0.6) is 0 Å². The second-order valence-electron chi connectivity index (χ2n) is 15.9. The SMILES string of the molecule is CC1(C)c2ccccc2-c2cc(-c3ccc(-c4nc(-c5ccccc5)nc(-c5cccc6oc7ccc(C8=CC=C(c9ccccc9)CC8)cc7c56)n4)cc3)ccc21. The van der Waals surface area contributed by atoms with Gasteiger partial charge in [0.15, 0.2) is 17.5 Å². The second kappa shape index (κ2) is 13.5. The van der Waals surface area contributed by atoms with E-state index in [1.807, 2.05) is 30.3 Å². The third-order valence-electron chi connectivity index (χ3n) is 12.1. The van der Waals surface area contributed by atoms with E-state index in [2.05, 4.69) is 159 Å². The molecule has 276 valence electrons. The maximum absolute atomic E-state index is 6.47. The molecule has 4 nitrogen and oxygen atoms in total. The van der Waals surface area contributed by atoms with E-state index in [0.29, 0.717) is 17.5 Å². The minimum atomic E-state index is -0.0196. The van der Waals surface area contributed by atoms with Crippen LogP contribution < -0.4 is 0 Å². The number of furan rings is 1. The van der Waals surface area contributed by atoms with Crippen molar-refractivity contribution < 1.29 is 4.42 Å². The molecule has 0 saturated carbocycles. The van der Waals surface area contributed by atoms with Crippen molar-refractivity contribution in [2.24, 2.45) is 0 Å². The van der Waals surface area contributed by atoms with Gasteiger partial charge in [-0.05, 0) is 92.8 Å². The monoisotopic (exact) mass is 745 g/mol. The van der Waals surface area contributed by atoms with Gasteiger partial charge in [0, 0.05) is 32.9 Å². The fourth-order valence-electron chi connectivity index (χ4n) is 9.04. The molecule has 0 fully saturated rings. The first kappa shape index (κ1) is 34.1. The van der Waals surface area contributed by atoms with Crippen LogP contribution in [-0.2, 0) is 5.41 Å². The van der Waals surface area contributed by atoms with Crippen LogP contribution in [0.1, 0.15) is 48.9 Å². The Balaban J connectivity index is 0.995. The Morgan fingerprint density at radius 2 is 0.983 bits per heavy atom. The molecule has 0 bridgehead atoms. The van der Waals surface area contributed by atoms with Crippen molar-refractivity contribution >= 4 is 33.1 Å². The van der Waals surface area contributed by atoms with Gasteiger partial charge >= 0.3 is 0 Å². The maximum atomic E-state index is 6.47. The maximum Gasteiger partial charge on any atom is 0.164 e. The number of hydrogen-bond acceptors (Lipinski definition) is 4. The van der Waals surface area contributed by atoms with Crippen molar-refractivity contribution in [2.45, 2.75) is 32.1 Å². The first-order valence-corrected chi connectivity index (χ1v) is 20.1. The molecule has 0 atom stereocenters.